The molecule has 0 aromatic heterocycles. The number of aliphatic hydroxyl groups is 1. The van der Waals surface area contributed by atoms with E-state index in [0.717, 1.165) is 23.6 Å². The molecule has 2 fully saturated rings. The summed E-state index contributed by atoms with van der Waals surface area (Å²) in [5.74, 6) is 1.59. The summed E-state index contributed by atoms with van der Waals surface area (Å²) in [6, 6.07) is 28.6. The monoisotopic (exact) mass is 401 g/mol. The molecule has 4 heteroatoms. The fraction of sp³-hybridized carbons (Fsp3) is 0.308. The van der Waals surface area contributed by atoms with Crippen molar-refractivity contribution in [3.63, 3.8) is 0 Å². The summed E-state index contributed by atoms with van der Waals surface area (Å²) in [4.78, 5) is 2.51. The Morgan fingerprint density at radius 3 is 2.00 bits per heavy atom. The van der Waals surface area contributed by atoms with E-state index in [2.05, 4.69) is 29.2 Å². The molecule has 1 N–H and O–H groups in total. The lowest BCUT2D eigenvalue weighted by Crippen LogP contribution is -2.60. The summed E-state index contributed by atoms with van der Waals surface area (Å²) in [5.41, 5.74) is 1.43. The van der Waals surface area contributed by atoms with Gasteiger partial charge >= 0.3 is 0 Å². The van der Waals surface area contributed by atoms with Gasteiger partial charge < -0.3 is 14.6 Å². The van der Waals surface area contributed by atoms with E-state index in [4.69, 9.17) is 9.47 Å². The molecule has 2 atom stereocenters. The summed E-state index contributed by atoms with van der Waals surface area (Å²) in [7, 11) is 0. The minimum atomic E-state index is -0.836. The Morgan fingerprint density at radius 2 is 1.37 bits per heavy atom. The van der Waals surface area contributed by atoms with Gasteiger partial charge in [-0.05, 0) is 48.2 Å². The molecular weight excluding hydrogens is 374 g/mol. The molecule has 30 heavy (non-hydrogen) atoms. The summed E-state index contributed by atoms with van der Waals surface area (Å²) in [6.45, 7) is 2.24. The van der Waals surface area contributed by atoms with Gasteiger partial charge in [-0.2, -0.15) is 0 Å². The molecule has 2 bridgehead atoms. The molecule has 2 saturated heterocycles. The van der Waals surface area contributed by atoms with Crippen LogP contribution < -0.4 is 4.74 Å². The molecule has 0 amide bonds. The number of hydrogen-bond acceptors (Lipinski definition) is 4. The highest BCUT2D eigenvalue weighted by molar-refractivity contribution is 5.35. The van der Waals surface area contributed by atoms with Gasteiger partial charge in [0.25, 0.3) is 0 Å². The van der Waals surface area contributed by atoms with Crippen molar-refractivity contribution in [3.8, 4) is 11.5 Å². The van der Waals surface area contributed by atoms with Gasteiger partial charge in [-0.25, -0.2) is 0 Å². The quantitative estimate of drug-likeness (QED) is 0.671. The number of ether oxygens (including phenoxy) is 2. The second-order valence-electron chi connectivity index (χ2n) is 8.38. The third-order valence-electron chi connectivity index (χ3n) is 6.28. The Balaban J connectivity index is 1.32. The van der Waals surface area contributed by atoms with Crippen LogP contribution in [0.3, 0.4) is 0 Å². The Bertz CT molecular complexity index is 945. The van der Waals surface area contributed by atoms with Gasteiger partial charge in [-0.15, -0.1) is 0 Å². The van der Waals surface area contributed by atoms with Gasteiger partial charge in [-0.1, -0.05) is 60.7 Å². The number of benzene rings is 3. The predicted molar refractivity (Wildman–Crippen MR) is 116 cm³/mol. The third-order valence-corrected chi connectivity index (χ3v) is 6.28. The molecule has 3 aromatic rings. The van der Waals surface area contributed by atoms with Crippen LogP contribution >= 0.6 is 0 Å². The number of hydrogen-bond donors (Lipinski definition) is 1. The van der Waals surface area contributed by atoms with Crippen LogP contribution in [0.2, 0.25) is 0 Å². The maximum Gasteiger partial charge on any atom is 0.127 e. The van der Waals surface area contributed by atoms with Crippen LogP contribution in [0.15, 0.2) is 84.9 Å². The lowest BCUT2D eigenvalue weighted by Gasteiger charge is -2.52. The first-order valence-corrected chi connectivity index (χ1v) is 10.6. The molecule has 0 radical (unpaired) electrons. The lowest BCUT2D eigenvalue weighted by molar-refractivity contribution is -0.149. The molecule has 2 unspecified atom stereocenters. The van der Waals surface area contributed by atoms with E-state index in [9.17, 15) is 5.11 Å². The highest BCUT2D eigenvalue weighted by atomic mass is 16.5. The zero-order chi connectivity index (χ0) is 20.4. The maximum atomic E-state index is 11.6. The van der Waals surface area contributed by atoms with Crippen LogP contribution in [0.5, 0.6) is 11.5 Å². The molecule has 3 aromatic carbocycles. The summed E-state index contributed by atoms with van der Waals surface area (Å²) in [5, 5.41) is 11.6. The van der Waals surface area contributed by atoms with Gasteiger partial charge in [0.1, 0.15) is 11.5 Å². The number of piperidine rings is 1. The van der Waals surface area contributed by atoms with Gasteiger partial charge in [0.05, 0.1) is 18.8 Å². The normalized spacial score (nSPS) is 26.3. The van der Waals surface area contributed by atoms with E-state index >= 15 is 0 Å². The van der Waals surface area contributed by atoms with Gasteiger partial charge in [-0.3, -0.25) is 4.90 Å². The second kappa shape index (κ2) is 8.23. The largest absolute Gasteiger partial charge is 0.457 e. The Labute approximate surface area is 177 Å². The number of nitrogens with zero attached hydrogens (tertiary/aromatic N) is 1. The van der Waals surface area contributed by atoms with E-state index in [0.29, 0.717) is 26.1 Å². The minimum absolute atomic E-state index is 0.211. The average Bonchev–Trinajstić information content (AvgIpc) is 2.76. The zero-order valence-corrected chi connectivity index (χ0v) is 17.0. The molecule has 5 rings (SSSR count). The van der Waals surface area contributed by atoms with Crippen LogP contribution in [-0.4, -0.2) is 35.3 Å². The molecule has 0 aliphatic carbocycles. The fourth-order valence-corrected chi connectivity index (χ4v) is 4.79. The standard InChI is InChI=1S/C26H27NO3/c28-26(21-11-13-25(14-12-21)30-24-9-5-2-6-10-24)15-22-18-29-19-23(16-26)27(22)17-20-7-3-1-4-8-20/h1-14,22-23,28H,15-19H2. The van der Waals surface area contributed by atoms with Crippen molar-refractivity contribution < 1.29 is 14.6 Å². The van der Waals surface area contributed by atoms with Crippen molar-refractivity contribution >= 4 is 0 Å². The maximum absolute atomic E-state index is 11.6. The van der Waals surface area contributed by atoms with Crippen molar-refractivity contribution in [1.82, 2.24) is 4.90 Å². The summed E-state index contributed by atoms with van der Waals surface area (Å²) in [6.07, 6.45) is 1.35. The molecule has 2 aliphatic rings. The molecule has 4 nitrogen and oxygen atoms in total. The van der Waals surface area contributed by atoms with E-state index < -0.39 is 5.60 Å². The fourth-order valence-electron chi connectivity index (χ4n) is 4.79. The first-order chi connectivity index (χ1) is 14.7. The number of para-hydroxylation sites is 1. The third kappa shape index (κ3) is 3.99. The minimum Gasteiger partial charge on any atom is -0.457 e. The van der Waals surface area contributed by atoms with Crippen LogP contribution in [-0.2, 0) is 16.9 Å². The van der Waals surface area contributed by atoms with Crippen molar-refractivity contribution in [2.75, 3.05) is 13.2 Å². The number of morpholine rings is 1. The highest BCUT2D eigenvalue weighted by Gasteiger charge is 2.46. The zero-order valence-electron chi connectivity index (χ0n) is 17.0. The average molecular weight is 402 g/mol. The first-order valence-electron chi connectivity index (χ1n) is 10.6. The SMILES string of the molecule is OC1(c2ccc(Oc3ccccc3)cc2)CC2COCC(C1)N2Cc1ccccc1. The molecule has 154 valence electrons. The van der Waals surface area contributed by atoms with Gasteiger partial charge in [0, 0.05) is 18.6 Å². The second-order valence-corrected chi connectivity index (χ2v) is 8.38. The van der Waals surface area contributed by atoms with Gasteiger partial charge in [0.15, 0.2) is 0 Å². The van der Waals surface area contributed by atoms with Crippen molar-refractivity contribution in [2.45, 2.75) is 37.1 Å². The van der Waals surface area contributed by atoms with Crippen LogP contribution in [0.1, 0.15) is 24.0 Å². The Kier molecular flexibility index (Phi) is 5.30. The first kappa shape index (κ1) is 19.3. The van der Waals surface area contributed by atoms with E-state index in [1.165, 1.54) is 5.56 Å². The molecular formula is C26H27NO3. The van der Waals surface area contributed by atoms with E-state index in [1.807, 2.05) is 60.7 Å². The van der Waals surface area contributed by atoms with Crippen molar-refractivity contribution in [1.29, 1.82) is 0 Å². The molecule has 2 heterocycles. The lowest BCUT2D eigenvalue weighted by atomic mass is 9.76. The van der Waals surface area contributed by atoms with Crippen molar-refractivity contribution in [3.05, 3.63) is 96.1 Å². The number of fused-ring (bicyclic) bond motifs is 2. The molecule has 0 spiro atoms. The van der Waals surface area contributed by atoms with Crippen molar-refractivity contribution in [2.24, 2.45) is 0 Å². The Morgan fingerprint density at radius 1 is 0.800 bits per heavy atom. The number of rotatable bonds is 5. The van der Waals surface area contributed by atoms with Crippen LogP contribution in [0.4, 0.5) is 0 Å². The molecule has 2 aliphatic heterocycles. The van der Waals surface area contributed by atoms with E-state index in [1.54, 1.807) is 0 Å². The molecule has 0 saturated carbocycles. The predicted octanol–water partition coefficient (Wildman–Crippen LogP) is 4.73. The highest BCUT2D eigenvalue weighted by Crippen LogP contribution is 2.42. The topological polar surface area (TPSA) is 41.9 Å². The van der Waals surface area contributed by atoms with Gasteiger partial charge in [0.2, 0.25) is 0 Å². The van der Waals surface area contributed by atoms with Crippen LogP contribution in [0, 0.1) is 0 Å². The van der Waals surface area contributed by atoms with E-state index in [-0.39, 0.29) is 12.1 Å². The smallest absolute Gasteiger partial charge is 0.127 e. The van der Waals surface area contributed by atoms with Crippen LogP contribution in [0.25, 0.3) is 0 Å². The Hall–Kier alpha value is -2.66. The summed E-state index contributed by atoms with van der Waals surface area (Å²) >= 11 is 0. The summed E-state index contributed by atoms with van der Waals surface area (Å²) < 4.78 is 11.7.